The molecule has 1 amide bonds. The van der Waals surface area contributed by atoms with Gasteiger partial charge in [-0.25, -0.2) is 0 Å². The van der Waals surface area contributed by atoms with Gasteiger partial charge >= 0.3 is 0 Å². The van der Waals surface area contributed by atoms with Crippen LogP contribution in [0.15, 0.2) is 35.3 Å². The Morgan fingerprint density at radius 2 is 2.07 bits per heavy atom. The minimum atomic E-state index is -0.421. The minimum Gasteiger partial charge on any atom is -0.267 e. The largest absolute Gasteiger partial charge is 0.278 e. The number of hydrogen-bond acceptors (Lipinski definition) is 2. The average molecular weight is 224 g/mol. The third-order valence-electron chi connectivity index (χ3n) is 1.44. The highest BCUT2D eigenvalue weighted by Gasteiger charge is 1.90. The van der Waals surface area contributed by atoms with Gasteiger partial charge in [-0.2, -0.15) is 4.99 Å². The third kappa shape index (κ3) is 3.62. The summed E-state index contributed by atoms with van der Waals surface area (Å²) >= 11 is 9.98. The van der Waals surface area contributed by atoms with Crippen molar-refractivity contribution in [3.63, 3.8) is 0 Å². The predicted octanol–water partition coefficient (Wildman–Crippen LogP) is 2.98. The minimum absolute atomic E-state index is 0.421. The molecule has 0 heterocycles. The van der Waals surface area contributed by atoms with Gasteiger partial charge in [0.1, 0.15) is 0 Å². The number of benzene rings is 1. The van der Waals surface area contributed by atoms with Gasteiger partial charge in [0.2, 0.25) is 0 Å². The van der Waals surface area contributed by atoms with Gasteiger partial charge in [-0.05, 0) is 36.0 Å². The Kier molecular flexibility index (Phi) is 4.20. The molecule has 0 atom stereocenters. The Bertz CT molecular complexity index is 405. The Morgan fingerprint density at radius 3 is 2.64 bits per heavy atom. The van der Waals surface area contributed by atoms with E-state index in [2.05, 4.69) is 17.2 Å². The summed E-state index contributed by atoms with van der Waals surface area (Å²) in [6, 6.07) is 7.09. The summed E-state index contributed by atoms with van der Waals surface area (Å²) in [6.45, 7) is 0. The lowest BCUT2D eigenvalue weighted by Crippen LogP contribution is -1.83. The average Bonchev–Trinajstić information content (AvgIpc) is 2.17. The highest BCUT2D eigenvalue weighted by Crippen LogP contribution is 2.10. The van der Waals surface area contributed by atoms with Crippen molar-refractivity contribution in [2.75, 3.05) is 0 Å². The fraction of sp³-hybridized carbons (Fsp3) is 0. The van der Waals surface area contributed by atoms with Crippen LogP contribution in [-0.2, 0) is 4.79 Å². The standard InChI is InChI=1S/C10H6ClNOS/c11-9-4-1-8(2-5-9)3-6-10(13)12-7-14/h1-6H. The van der Waals surface area contributed by atoms with E-state index in [1.807, 2.05) is 5.16 Å². The first-order valence-corrected chi connectivity index (χ1v) is 4.56. The van der Waals surface area contributed by atoms with Crippen LogP contribution in [0.25, 0.3) is 6.08 Å². The van der Waals surface area contributed by atoms with E-state index in [1.165, 1.54) is 6.08 Å². The topological polar surface area (TPSA) is 29.4 Å². The molecule has 0 N–H and O–H groups in total. The lowest BCUT2D eigenvalue weighted by atomic mass is 10.2. The van der Waals surface area contributed by atoms with Gasteiger partial charge in [0.15, 0.2) is 0 Å². The van der Waals surface area contributed by atoms with Crippen LogP contribution in [0.4, 0.5) is 0 Å². The summed E-state index contributed by atoms with van der Waals surface area (Å²) in [4.78, 5) is 14.1. The van der Waals surface area contributed by atoms with E-state index in [9.17, 15) is 4.79 Å². The fourth-order valence-corrected chi connectivity index (χ4v) is 1.04. The fourth-order valence-electron chi connectivity index (χ4n) is 0.824. The van der Waals surface area contributed by atoms with E-state index in [0.717, 1.165) is 5.56 Å². The molecule has 0 saturated heterocycles. The maximum Gasteiger partial charge on any atom is 0.278 e. The van der Waals surface area contributed by atoms with Crippen molar-refractivity contribution in [3.05, 3.63) is 40.9 Å². The molecule has 0 aliphatic rings. The number of halogens is 1. The monoisotopic (exact) mass is 223 g/mol. The van der Waals surface area contributed by atoms with Gasteiger partial charge in [-0.3, -0.25) is 4.79 Å². The van der Waals surface area contributed by atoms with Gasteiger partial charge in [-0.1, -0.05) is 23.7 Å². The number of isothiocyanates is 1. The molecule has 1 aromatic carbocycles. The summed E-state index contributed by atoms with van der Waals surface area (Å²) in [6.07, 6.45) is 2.96. The first kappa shape index (κ1) is 10.8. The normalized spacial score (nSPS) is 9.79. The van der Waals surface area contributed by atoms with Crippen molar-refractivity contribution in [3.8, 4) is 0 Å². The summed E-state index contributed by atoms with van der Waals surface area (Å²) in [5.74, 6) is -0.421. The van der Waals surface area contributed by atoms with Crippen molar-refractivity contribution in [1.29, 1.82) is 0 Å². The zero-order chi connectivity index (χ0) is 10.4. The van der Waals surface area contributed by atoms with Crippen LogP contribution in [0, 0.1) is 0 Å². The maximum absolute atomic E-state index is 10.9. The number of carbonyl (C=O) groups excluding carboxylic acids is 1. The van der Waals surface area contributed by atoms with E-state index in [1.54, 1.807) is 30.3 Å². The lowest BCUT2D eigenvalue weighted by Gasteiger charge is -1.91. The van der Waals surface area contributed by atoms with Gasteiger partial charge in [0, 0.05) is 11.1 Å². The van der Waals surface area contributed by atoms with Crippen molar-refractivity contribution < 1.29 is 4.79 Å². The Morgan fingerprint density at radius 1 is 1.43 bits per heavy atom. The van der Waals surface area contributed by atoms with Gasteiger partial charge in [-0.15, -0.1) is 0 Å². The van der Waals surface area contributed by atoms with Crippen LogP contribution in [0.1, 0.15) is 5.56 Å². The van der Waals surface area contributed by atoms with E-state index in [-0.39, 0.29) is 0 Å². The molecular weight excluding hydrogens is 218 g/mol. The van der Waals surface area contributed by atoms with Crippen molar-refractivity contribution in [2.24, 2.45) is 4.99 Å². The predicted molar refractivity (Wildman–Crippen MR) is 60.5 cm³/mol. The Hall–Kier alpha value is -1.28. The number of hydrogen-bond donors (Lipinski definition) is 0. The molecule has 70 valence electrons. The molecule has 4 heteroatoms. The second-order valence-electron chi connectivity index (χ2n) is 2.43. The molecule has 0 spiro atoms. The molecule has 0 saturated carbocycles. The van der Waals surface area contributed by atoms with E-state index in [4.69, 9.17) is 11.6 Å². The second kappa shape index (κ2) is 5.45. The number of aliphatic imine (C=N–C) groups is 1. The van der Waals surface area contributed by atoms with E-state index >= 15 is 0 Å². The van der Waals surface area contributed by atoms with Crippen LogP contribution in [-0.4, -0.2) is 11.1 Å². The molecule has 0 fully saturated rings. The SMILES string of the molecule is O=C(C=Cc1ccc(Cl)cc1)N=C=S. The molecule has 2 nitrogen and oxygen atoms in total. The molecule has 14 heavy (non-hydrogen) atoms. The first-order valence-electron chi connectivity index (χ1n) is 3.78. The van der Waals surface area contributed by atoms with Crippen molar-refractivity contribution in [1.82, 2.24) is 0 Å². The van der Waals surface area contributed by atoms with Gasteiger partial charge < -0.3 is 0 Å². The molecule has 0 aliphatic carbocycles. The van der Waals surface area contributed by atoms with Crippen LogP contribution in [0.5, 0.6) is 0 Å². The number of rotatable bonds is 2. The molecular formula is C10H6ClNOS. The highest BCUT2D eigenvalue weighted by atomic mass is 35.5. The summed E-state index contributed by atoms with van der Waals surface area (Å²) < 4.78 is 0. The highest BCUT2D eigenvalue weighted by molar-refractivity contribution is 7.78. The van der Waals surface area contributed by atoms with E-state index in [0.29, 0.717) is 5.02 Å². The van der Waals surface area contributed by atoms with Crippen LogP contribution in [0.3, 0.4) is 0 Å². The smallest absolute Gasteiger partial charge is 0.267 e. The third-order valence-corrected chi connectivity index (χ3v) is 1.79. The zero-order valence-electron chi connectivity index (χ0n) is 7.11. The van der Waals surface area contributed by atoms with Gasteiger partial charge in [0.25, 0.3) is 5.91 Å². The number of amides is 1. The molecule has 1 aromatic rings. The summed E-state index contributed by atoms with van der Waals surface area (Å²) in [5.41, 5.74) is 0.877. The van der Waals surface area contributed by atoms with Crippen molar-refractivity contribution >= 4 is 41.0 Å². The molecule has 0 unspecified atom stereocenters. The maximum atomic E-state index is 10.9. The lowest BCUT2D eigenvalue weighted by molar-refractivity contribution is -0.113. The van der Waals surface area contributed by atoms with Crippen LogP contribution < -0.4 is 0 Å². The number of thiocarbonyl (C=S) groups is 1. The summed E-state index contributed by atoms with van der Waals surface area (Å²) in [7, 11) is 0. The second-order valence-corrected chi connectivity index (χ2v) is 3.05. The van der Waals surface area contributed by atoms with Crippen LogP contribution >= 0.6 is 23.8 Å². The molecule has 0 bridgehead atoms. The van der Waals surface area contributed by atoms with Crippen molar-refractivity contribution in [2.45, 2.75) is 0 Å². The Labute approximate surface area is 91.9 Å². The zero-order valence-corrected chi connectivity index (χ0v) is 8.68. The van der Waals surface area contributed by atoms with Gasteiger partial charge in [0.05, 0.1) is 5.16 Å². The molecule has 0 aliphatic heterocycles. The quantitative estimate of drug-likeness (QED) is 0.438. The number of carbonyl (C=O) groups is 1. The van der Waals surface area contributed by atoms with E-state index < -0.39 is 5.91 Å². The van der Waals surface area contributed by atoms with Crippen LogP contribution in [0.2, 0.25) is 5.02 Å². The first-order chi connectivity index (χ1) is 6.72. The summed E-state index contributed by atoms with van der Waals surface area (Å²) in [5, 5.41) is 2.66. The Balaban J connectivity index is 2.73. The molecule has 0 aromatic heterocycles. The number of nitrogens with zero attached hydrogens (tertiary/aromatic N) is 1. The molecule has 0 radical (unpaired) electrons. The molecule has 1 rings (SSSR count).